The number of aliphatic hydroxyl groups excluding tert-OH is 1. The van der Waals surface area contributed by atoms with Gasteiger partial charge in [-0.2, -0.15) is 0 Å². The number of imidazole rings is 1. The van der Waals surface area contributed by atoms with Gasteiger partial charge in [-0.25, -0.2) is 4.98 Å². The van der Waals surface area contributed by atoms with Crippen LogP contribution >= 0.6 is 0 Å². The standard InChI is InChI=1S/C17H24N4O4/c1-11(15-7-14(23)2-3-16(15)24)21-8-12(19-10-21)6-13(9-22)20-17(25)4-5-18/h2-3,7-8,10-11,13,22-24H,4-6,9,18H2,1H3,(H,20,25). The van der Waals surface area contributed by atoms with E-state index in [1.165, 1.54) is 18.2 Å². The van der Waals surface area contributed by atoms with Crippen molar-refractivity contribution < 1.29 is 20.1 Å². The normalized spacial score (nSPS) is 13.4. The first-order chi connectivity index (χ1) is 11.9. The van der Waals surface area contributed by atoms with Crippen LogP contribution in [0.2, 0.25) is 0 Å². The number of nitrogens with two attached hydrogens (primary N) is 1. The largest absolute Gasteiger partial charge is 0.508 e. The number of carbonyl (C=O) groups excluding carboxylic acids is 1. The van der Waals surface area contributed by atoms with Crippen LogP contribution in [0.3, 0.4) is 0 Å². The molecule has 2 aromatic rings. The molecule has 8 heteroatoms. The van der Waals surface area contributed by atoms with Crippen LogP contribution in [0, 0.1) is 0 Å². The van der Waals surface area contributed by atoms with Crippen LogP contribution in [-0.2, 0) is 11.2 Å². The summed E-state index contributed by atoms with van der Waals surface area (Å²) in [5.74, 6) is -0.0511. The van der Waals surface area contributed by atoms with E-state index in [-0.39, 0.29) is 43.0 Å². The summed E-state index contributed by atoms with van der Waals surface area (Å²) in [5, 5.41) is 31.7. The Labute approximate surface area is 145 Å². The lowest BCUT2D eigenvalue weighted by Crippen LogP contribution is -2.39. The number of carbonyl (C=O) groups is 1. The Morgan fingerprint density at radius 1 is 1.40 bits per heavy atom. The molecule has 0 saturated carbocycles. The van der Waals surface area contributed by atoms with Crippen molar-refractivity contribution in [3.8, 4) is 11.5 Å². The number of amides is 1. The molecule has 0 aliphatic heterocycles. The van der Waals surface area contributed by atoms with E-state index in [0.29, 0.717) is 17.7 Å². The number of hydrogen-bond acceptors (Lipinski definition) is 6. The van der Waals surface area contributed by atoms with E-state index in [2.05, 4.69) is 10.3 Å². The fourth-order valence-corrected chi connectivity index (χ4v) is 2.58. The molecule has 25 heavy (non-hydrogen) atoms. The molecule has 1 amide bonds. The Kier molecular flexibility index (Phi) is 6.37. The zero-order valence-corrected chi connectivity index (χ0v) is 14.1. The van der Waals surface area contributed by atoms with Crippen LogP contribution in [0.25, 0.3) is 0 Å². The summed E-state index contributed by atoms with van der Waals surface area (Å²) in [7, 11) is 0. The molecule has 0 bridgehead atoms. The smallest absolute Gasteiger partial charge is 0.221 e. The number of benzene rings is 1. The molecule has 0 spiro atoms. The van der Waals surface area contributed by atoms with Gasteiger partial charge in [-0.05, 0) is 25.1 Å². The van der Waals surface area contributed by atoms with Crippen LogP contribution in [0.1, 0.15) is 30.6 Å². The Morgan fingerprint density at radius 2 is 2.16 bits per heavy atom. The van der Waals surface area contributed by atoms with Gasteiger partial charge in [-0.3, -0.25) is 4.79 Å². The van der Waals surface area contributed by atoms with Crippen LogP contribution in [0.5, 0.6) is 11.5 Å². The number of nitrogens with zero attached hydrogens (tertiary/aromatic N) is 2. The number of phenols is 2. The highest BCUT2D eigenvalue weighted by molar-refractivity contribution is 5.76. The Morgan fingerprint density at radius 3 is 2.84 bits per heavy atom. The van der Waals surface area contributed by atoms with Gasteiger partial charge in [0.05, 0.1) is 30.7 Å². The van der Waals surface area contributed by atoms with Crippen LogP contribution in [-0.4, -0.2) is 50.0 Å². The summed E-state index contributed by atoms with van der Waals surface area (Å²) in [6.45, 7) is 1.92. The molecule has 0 aliphatic rings. The van der Waals surface area contributed by atoms with E-state index in [1.807, 2.05) is 6.92 Å². The van der Waals surface area contributed by atoms with Crippen LogP contribution in [0.4, 0.5) is 0 Å². The van der Waals surface area contributed by atoms with Crippen molar-refractivity contribution in [2.45, 2.75) is 31.8 Å². The molecule has 2 rings (SSSR count). The highest BCUT2D eigenvalue weighted by Crippen LogP contribution is 2.30. The van der Waals surface area contributed by atoms with Gasteiger partial charge >= 0.3 is 0 Å². The lowest BCUT2D eigenvalue weighted by atomic mass is 10.1. The maximum absolute atomic E-state index is 11.6. The molecule has 2 atom stereocenters. The number of nitrogens with one attached hydrogen (secondary N) is 1. The molecule has 0 radical (unpaired) electrons. The predicted octanol–water partition coefficient (Wildman–Crippen LogP) is 0.272. The van der Waals surface area contributed by atoms with Crippen molar-refractivity contribution in [3.63, 3.8) is 0 Å². The summed E-state index contributed by atoms with van der Waals surface area (Å²) in [5.41, 5.74) is 6.60. The number of aliphatic hydroxyl groups is 1. The van der Waals surface area contributed by atoms with Crippen molar-refractivity contribution >= 4 is 5.91 Å². The second-order valence-corrected chi connectivity index (χ2v) is 5.92. The molecule has 0 aliphatic carbocycles. The van der Waals surface area contributed by atoms with Crippen molar-refractivity contribution in [2.24, 2.45) is 5.73 Å². The second-order valence-electron chi connectivity index (χ2n) is 5.92. The van der Waals surface area contributed by atoms with E-state index >= 15 is 0 Å². The Bertz CT molecular complexity index is 716. The summed E-state index contributed by atoms with van der Waals surface area (Å²) in [6, 6.07) is 3.68. The lowest BCUT2D eigenvalue weighted by Gasteiger charge is -2.16. The zero-order valence-electron chi connectivity index (χ0n) is 14.1. The Hall–Kier alpha value is -2.58. The highest BCUT2D eigenvalue weighted by Gasteiger charge is 2.16. The number of aromatic hydroxyl groups is 2. The molecular formula is C17H24N4O4. The maximum Gasteiger partial charge on any atom is 0.221 e. The molecule has 6 N–H and O–H groups in total. The minimum Gasteiger partial charge on any atom is -0.508 e. The minimum atomic E-state index is -0.438. The number of hydrogen-bond donors (Lipinski definition) is 5. The molecule has 1 aromatic carbocycles. The molecule has 1 aromatic heterocycles. The number of phenolic OH excluding ortho intramolecular Hbond substituents is 2. The third kappa shape index (κ3) is 4.94. The van der Waals surface area contributed by atoms with Crippen molar-refractivity contribution in [1.82, 2.24) is 14.9 Å². The van der Waals surface area contributed by atoms with Gasteiger partial charge < -0.3 is 30.9 Å². The molecule has 8 nitrogen and oxygen atoms in total. The molecule has 1 heterocycles. The second kappa shape index (κ2) is 8.50. The van der Waals surface area contributed by atoms with Gasteiger partial charge in [0.1, 0.15) is 11.5 Å². The fraction of sp³-hybridized carbons (Fsp3) is 0.412. The molecule has 136 valence electrons. The summed E-state index contributed by atoms with van der Waals surface area (Å²) >= 11 is 0. The highest BCUT2D eigenvalue weighted by atomic mass is 16.3. The van der Waals surface area contributed by atoms with Crippen molar-refractivity contribution in [1.29, 1.82) is 0 Å². The average molecular weight is 348 g/mol. The SMILES string of the molecule is CC(c1cc(O)ccc1O)n1cnc(CC(CO)NC(=O)CCN)c1. The summed E-state index contributed by atoms with van der Waals surface area (Å²) < 4.78 is 1.79. The van der Waals surface area contributed by atoms with E-state index in [1.54, 1.807) is 17.1 Å². The van der Waals surface area contributed by atoms with Gasteiger partial charge in [-0.1, -0.05) is 0 Å². The number of rotatable bonds is 8. The molecule has 0 saturated heterocycles. The molecule has 0 fully saturated rings. The van der Waals surface area contributed by atoms with Gasteiger partial charge in [0.25, 0.3) is 0 Å². The van der Waals surface area contributed by atoms with Gasteiger partial charge in [0.2, 0.25) is 5.91 Å². The minimum absolute atomic E-state index is 0.0722. The van der Waals surface area contributed by atoms with E-state index in [0.717, 1.165) is 0 Å². The topological polar surface area (TPSA) is 134 Å². The summed E-state index contributed by atoms with van der Waals surface area (Å²) in [4.78, 5) is 15.9. The number of aromatic nitrogens is 2. The molecule has 2 unspecified atom stereocenters. The van der Waals surface area contributed by atoms with E-state index in [4.69, 9.17) is 5.73 Å². The molecular weight excluding hydrogens is 324 g/mol. The predicted molar refractivity (Wildman–Crippen MR) is 92.2 cm³/mol. The third-order valence-electron chi connectivity index (χ3n) is 3.98. The van der Waals surface area contributed by atoms with Crippen LogP contribution in [0.15, 0.2) is 30.7 Å². The quantitative estimate of drug-likeness (QED) is 0.435. The van der Waals surface area contributed by atoms with Crippen molar-refractivity contribution in [2.75, 3.05) is 13.2 Å². The van der Waals surface area contributed by atoms with Crippen molar-refractivity contribution in [3.05, 3.63) is 42.0 Å². The monoisotopic (exact) mass is 348 g/mol. The zero-order chi connectivity index (χ0) is 18.4. The van der Waals surface area contributed by atoms with E-state index in [9.17, 15) is 20.1 Å². The van der Waals surface area contributed by atoms with E-state index < -0.39 is 6.04 Å². The van der Waals surface area contributed by atoms with Gasteiger partial charge in [0, 0.05) is 31.1 Å². The first kappa shape index (κ1) is 18.8. The maximum atomic E-state index is 11.6. The Balaban J connectivity index is 2.08. The average Bonchev–Trinajstić information content (AvgIpc) is 3.04. The lowest BCUT2D eigenvalue weighted by molar-refractivity contribution is -0.121. The van der Waals surface area contributed by atoms with Gasteiger partial charge in [-0.15, -0.1) is 0 Å². The van der Waals surface area contributed by atoms with Gasteiger partial charge in [0.15, 0.2) is 0 Å². The third-order valence-corrected chi connectivity index (χ3v) is 3.98. The summed E-state index contributed by atoms with van der Waals surface area (Å²) in [6.07, 6.45) is 3.98. The fourth-order valence-electron chi connectivity index (χ4n) is 2.58. The first-order valence-corrected chi connectivity index (χ1v) is 8.09. The first-order valence-electron chi connectivity index (χ1n) is 8.09. The van der Waals surface area contributed by atoms with Crippen LogP contribution < -0.4 is 11.1 Å².